The Balaban J connectivity index is 2.05. The number of thioether (sulfide) groups is 1. The summed E-state index contributed by atoms with van der Waals surface area (Å²) in [6, 6.07) is 0.551. The Morgan fingerprint density at radius 2 is 2.29 bits per heavy atom. The SMILES string of the molecule is CN(c1nnc(SCC(=O)O)n1C)C1CCC1. The summed E-state index contributed by atoms with van der Waals surface area (Å²) in [7, 11) is 3.88. The van der Waals surface area contributed by atoms with Crippen molar-refractivity contribution in [1.29, 1.82) is 0 Å². The molecular formula is C10H16N4O2S. The summed E-state index contributed by atoms with van der Waals surface area (Å²) < 4.78 is 1.85. The van der Waals surface area contributed by atoms with E-state index in [0.29, 0.717) is 11.2 Å². The minimum absolute atomic E-state index is 0.0130. The minimum atomic E-state index is -0.841. The van der Waals surface area contributed by atoms with Crippen LogP contribution in [0.25, 0.3) is 0 Å². The second kappa shape index (κ2) is 4.95. The topological polar surface area (TPSA) is 71.2 Å². The van der Waals surface area contributed by atoms with Crippen molar-refractivity contribution in [2.45, 2.75) is 30.5 Å². The summed E-state index contributed by atoms with van der Waals surface area (Å²) in [6.45, 7) is 0. The Kier molecular flexibility index (Phi) is 3.56. The van der Waals surface area contributed by atoms with Crippen molar-refractivity contribution in [3.63, 3.8) is 0 Å². The van der Waals surface area contributed by atoms with Gasteiger partial charge in [-0.05, 0) is 19.3 Å². The van der Waals surface area contributed by atoms with E-state index < -0.39 is 5.97 Å². The summed E-state index contributed by atoms with van der Waals surface area (Å²) in [5.41, 5.74) is 0. The van der Waals surface area contributed by atoms with Crippen molar-refractivity contribution in [2.24, 2.45) is 7.05 Å². The van der Waals surface area contributed by atoms with Gasteiger partial charge in [-0.3, -0.25) is 9.36 Å². The molecule has 1 aliphatic rings. The average molecular weight is 256 g/mol. The van der Waals surface area contributed by atoms with Gasteiger partial charge in [0, 0.05) is 20.1 Å². The number of nitrogens with zero attached hydrogens (tertiary/aromatic N) is 4. The molecule has 1 saturated carbocycles. The van der Waals surface area contributed by atoms with Crippen molar-refractivity contribution < 1.29 is 9.90 Å². The van der Waals surface area contributed by atoms with Crippen LogP contribution in [0.4, 0.5) is 5.95 Å². The molecule has 0 aromatic carbocycles. The predicted molar refractivity (Wildman–Crippen MR) is 65.4 cm³/mol. The van der Waals surface area contributed by atoms with Gasteiger partial charge in [-0.25, -0.2) is 0 Å². The van der Waals surface area contributed by atoms with Crippen molar-refractivity contribution in [3.05, 3.63) is 0 Å². The lowest BCUT2D eigenvalue weighted by atomic mass is 9.92. The zero-order valence-electron chi connectivity index (χ0n) is 9.96. The number of anilines is 1. The molecule has 1 aromatic heterocycles. The second-order valence-corrected chi connectivity index (χ2v) is 5.16. The van der Waals surface area contributed by atoms with E-state index in [9.17, 15) is 4.79 Å². The van der Waals surface area contributed by atoms with E-state index in [-0.39, 0.29) is 5.75 Å². The number of rotatable bonds is 5. The van der Waals surface area contributed by atoms with Gasteiger partial charge < -0.3 is 10.0 Å². The Morgan fingerprint density at radius 3 is 2.82 bits per heavy atom. The standard InChI is InChI=1S/C10H16N4O2S/c1-13(7-4-3-5-7)9-11-12-10(14(9)2)17-6-8(15)16/h7H,3-6H2,1-2H3,(H,15,16). The summed E-state index contributed by atoms with van der Waals surface area (Å²) in [5, 5.41) is 17.4. The Hall–Kier alpha value is -1.24. The summed E-state index contributed by atoms with van der Waals surface area (Å²) in [5.74, 6) is -0.0199. The first-order valence-electron chi connectivity index (χ1n) is 5.56. The first-order valence-corrected chi connectivity index (χ1v) is 6.55. The van der Waals surface area contributed by atoms with Gasteiger partial charge in [0.15, 0.2) is 5.16 Å². The molecule has 1 aromatic rings. The van der Waals surface area contributed by atoms with Gasteiger partial charge in [0.2, 0.25) is 5.95 Å². The third kappa shape index (κ3) is 2.54. The lowest BCUT2D eigenvalue weighted by molar-refractivity contribution is -0.133. The van der Waals surface area contributed by atoms with Crippen LogP contribution < -0.4 is 4.90 Å². The van der Waals surface area contributed by atoms with Crippen LogP contribution in [0.1, 0.15) is 19.3 Å². The van der Waals surface area contributed by atoms with Crippen molar-refractivity contribution in [3.8, 4) is 0 Å². The van der Waals surface area contributed by atoms with E-state index in [0.717, 1.165) is 5.95 Å². The van der Waals surface area contributed by atoms with E-state index in [1.54, 1.807) is 0 Å². The molecule has 0 unspecified atom stereocenters. The molecule has 1 fully saturated rings. The molecule has 2 rings (SSSR count). The molecule has 0 spiro atoms. The molecule has 0 atom stereocenters. The van der Waals surface area contributed by atoms with Crippen LogP contribution in [0.3, 0.4) is 0 Å². The van der Waals surface area contributed by atoms with Crippen LogP contribution in [0.15, 0.2) is 5.16 Å². The maximum absolute atomic E-state index is 10.5. The van der Waals surface area contributed by atoms with Gasteiger partial charge in [0.05, 0.1) is 5.75 Å². The highest BCUT2D eigenvalue weighted by atomic mass is 32.2. The van der Waals surface area contributed by atoms with E-state index in [4.69, 9.17) is 5.11 Å². The molecule has 1 aliphatic carbocycles. The fourth-order valence-electron chi connectivity index (χ4n) is 1.80. The third-order valence-electron chi connectivity index (χ3n) is 3.07. The predicted octanol–water partition coefficient (Wildman–Crippen LogP) is 0.980. The van der Waals surface area contributed by atoms with Crippen LogP contribution in [0.5, 0.6) is 0 Å². The zero-order valence-corrected chi connectivity index (χ0v) is 10.8. The van der Waals surface area contributed by atoms with Crippen LogP contribution in [0.2, 0.25) is 0 Å². The molecule has 1 N–H and O–H groups in total. The Bertz CT molecular complexity index is 416. The molecule has 17 heavy (non-hydrogen) atoms. The molecule has 94 valence electrons. The second-order valence-electron chi connectivity index (χ2n) is 4.22. The fourth-order valence-corrected chi connectivity index (χ4v) is 2.43. The highest BCUT2D eigenvalue weighted by Gasteiger charge is 2.25. The van der Waals surface area contributed by atoms with Crippen LogP contribution in [0, 0.1) is 0 Å². The summed E-state index contributed by atoms with van der Waals surface area (Å²) in [4.78, 5) is 12.6. The van der Waals surface area contributed by atoms with Gasteiger partial charge in [0.1, 0.15) is 0 Å². The van der Waals surface area contributed by atoms with Crippen LogP contribution in [-0.2, 0) is 11.8 Å². The Labute approximate surface area is 104 Å². The lowest BCUT2D eigenvalue weighted by Crippen LogP contribution is -2.38. The number of aliphatic carboxylic acids is 1. The molecule has 0 bridgehead atoms. The number of aromatic nitrogens is 3. The first-order chi connectivity index (χ1) is 8.09. The quantitative estimate of drug-likeness (QED) is 0.792. The molecule has 0 radical (unpaired) electrons. The number of hydrogen-bond donors (Lipinski definition) is 1. The lowest BCUT2D eigenvalue weighted by Gasteiger charge is -2.34. The number of hydrogen-bond acceptors (Lipinski definition) is 5. The van der Waals surface area contributed by atoms with Crippen molar-refractivity contribution in [1.82, 2.24) is 14.8 Å². The highest BCUT2D eigenvalue weighted by Crippen LogP contribution is 2.28. The van der Waals surface area contributed by atoms with E-state index in [2.05, 4.69) is 15.1 Å². The van der Waals surface area contributed by atoms with Crippen LogP contribution >= 0.6 is 11.8 Å². The average Bonchev–Trinajstić information content (AvgIpc) is 2.54. The summed E-state index contributed by atoms with van der Waals surface area (Å²) >= 11 is 1.19. The highest BCUT2D eigenvalue weighted by molar-refractivity contribution is 7.99. The molecule has 6 nitrogen and oxygen atoms in total. The van der Waals surface area contributed by atoms with Gasteiger partial charge in [0.25, 0.3) is 0 Å². The smallest absolute Gasteiger partial charge is 0.313 e. The van der Waals surface area contributed by atoms with Crippen molar-refractivity contribution in [2.75, 3.05) is 17.7 Å². The molecule has 0 amide bonds. The molecule has 1 heterocycles. The third-order valence-corrected chi connectivity index (χ3v) is 4.08. The molecular weight excluding hydrogens is 240 g/mol. The van der Waals surface area contributed by atoms with Gasteiger partial charge in [-0.15, -0.1) is 10.2 Å². The van der Waals surface area contributed by atoms with E-state index in [1.807, 2.05) is 18.7 Å². The number of carboxylic acids is 1. The molecule has 0 saturated heterocycles. The van der Waals surface area contributed by atoms with E-state index in [1.165, 1.54) is 31.0 Å². The van der Waals surface area contributed by atoms with Crippen LogP contribution in [-0.4, -0.2) is 44.7 Å². The maximum Gasteiger partial charge on any atom is 0.313 e. The molecule has 0 aliphatic heterocycles. The van der Waals surface area contributed by atoms with Gasteiger partial charge in [-0.1, -0.05) is 11.8 Å². The number of carbonyl (C=O) groups is 1. The van der Waals surface area contributed by atoms with Gasteiger partial charge in [-0.2, -0.15) is 0 Å². The zero-order chi connectivity index (χ0) is 12.4. The largest absolute Gasteiger partial charge is 0.481 e. The first kappa shape index (κ1) is 12.2. The molecule has 7 heteroatoms. The van der Waals surface area contributed by atoms with E-state index >= 15 is 0 Å². The monoisotopic (exact) mass is 256 g/mol. The number of carboxylic acid groups (broad SMARTS) is 1. The normalized spacial score (nSPS) is 15.6. The Morgan fingerprint density at radius 1 is 1.59 bits per heavy atom. The van der Waals surface area contributed by atoms with Gasteiger partial charge >= 0.3 is 5.97 Å². The minimum Gasteiger partial charge on any atom is -0.481 e. The summed E-state index contributed by atoms with van der Waals surface area (Å²) in [6.07, 6.45) is 3.66. The van der Waals surface area contributed by atoms with Crippen molar-refractivity contribution >= 4 is 23.7 Å². The maximum atomic E-state index is 10.5. The fraction of sp³-hybridized carbons (Fsp3) is 0.700.